The number of benzene rings is 3. The molecule has 2 amide bonds. The Hall–Kier alpha value is -3.79. The lowest BCUT2D eigenvalue weighted by molar-refractivity contribution is -0.139. The Balaban J connectivity index is 2.01. The number of carbonyl (C=O) groups excluding carboxylic acids is 2. The first kappa shape index (κ1) is 27.8. The molecule has 0 fully saturated rings. The van der Waals surface area contributed by atoms with Gasteiger partial charge in [0.1, 0.15) is 24.2 Å². The van der Waals surface area contributed by atoms with Gasteiger partial charge < -0.3 is 10.2 Å². The normalized spacial score (nSPS) is 12.0. The first-order valence-electron chi connectivity index (χ1n) is 11.8. The first-order chi connectivity index (χ1) is 17.6. The average molecular weight is 530 g/mol. The van der Waals surface area contributed by atoms with E-state index in [1.54, 1.807) is 24.3 Å². The fourth-order valence-corrected chi connectivity index (χ4v) is 5.08. The van der Waals surface area contributed by atoms with Crippen molar-refractivity contribution in [1.29, 1.82) is 0 Å². The van der Waals surface area contributed by atoms with Gasteiger partial charge in [-0.15, -0.1) is 0 Å². The molecule has 3 aromatic carbocycles. The number of sulfonamides is 1. The zero-order valence-corrected chi connectivity index (χ0v) is 21.4. The summed E-state index contributed by atoms with van der Waals surface area (Å²) in [7, 11) is -4.25. The second-order valence-corrected chi connectivity index (χ2v) is 10.2. The highest BCUT2D eigenvalue weighted by atomic mass is 32.2. The van der Waals surface area contributed by atoms with Gasteiger partial charge in [0, 0.05) is 18.7 Å². The van der Waals surface area contributed by atoms with Gasteiger partial charge in [-0.3, -0.25) is 13.9 Å². The van der Waals surface area contributed by atoms with Crippen molar-refractivity contribution in [2.75, 3.05) is 17.4 Å². The lowest BCUT2D eigenvalue weighted by Gasteiger charge is -2.32. The van der Waals surface area contributed by atoms with Crippen molar-refractivity contribution in [1.82, 2.24) is 10.2 Å². The van der Waals surface area contributed by atoms with Gasteiger partial charge in [0.25, 0.3) is 10.0 Å². The molecular formula is C27H29F2N3O4S. The van der Waals surface area contributed by atoms with Crippen molar-refractivity contribution in [2.45, 2.75) is 37.8 Å². The SMILES string of the molecule is CCCNC(=O)C(C)N(Cc1ccccc1F)C(=O)CN(c1ccc(F)cc1)S(=O)(=O)c1ccccc1. The molecule has 0 heterocycles. The first-order valence-corrected chi connectivity index (χ1v) is 13.2. The quantitative estimate of drug-likeness (QED) is 0.405. The zero-order valence-electron chi connectivity index (χ0n) is 20.6. The van der Waals surface area contributed by atoms with Crippen molar-refractivity contribution in [3.8, 4) is 0 Å². The molecule has 1 unspecified atom stereocenters. The molecule has 37 heavy (non-hydrogen) atoms. The third-order valence-electron chi connectivity index (χ3n) is 5.74. The van der Waals surface area contributed by atoms with Crippen LogP contribution in [-0.4, -0.2) is 44.3 Å². The number of hydrogen-bond acceptors (Lipinski definition) is 4. The lowest BCUT2D eigenvalue weighted by Crippen LogP contribution is -2.51. The standard InChI is InChI=1S/C27H29F2N3O4S/c1-3-17-30-27(34)20(2)31(18-21-9-7-8-12-25(21)29)26(33)19-32(23-15-13-22(28)14-16-23)37(35,36)24-10-5-4-6-11-24/h4-16,20H,3,17-19H2,1-2H3,(H,30,34). The van der Waals surface area contributed by atoms with Crippen molar-refractivity contribution in [3.63, 3.8) is 0 Å². The van der Waals surface area contributed by atoms with E-state index < -0.39 is 46.1 Å². The molecule has 0 aliphatic rings. The number of halogens is 2. The van der Waals surface area contributed by atoms with Gasteiger partial charge in [0.2, 0.25) is 11.8 Å². The van der Waals surface area contributed by atoms with E-state index in [1.165, 1.54) is 49.4 Å². The molecule has 196 valence electrons. The lowest BCUT2D eigenvalue weighted by atomic mass is 10.1. The second kappa shape index (κ2) is 12.4. The van der Waals surface area contributed by atoms with Gasteiger partial charge in [0.15, 0.2) is 0 Å². The molecule has 0 aromatic heterocycles. The maximum Gasteiger partial charge on any atom is 0.264 e. The minimum absolute atomic E-state index is 0.0625. The van der Waals surface area contributed by atoms with Crippen molar-refractivity contribution in [2.24, 2.45) is 0 Å². The summed E-state index contributed by atoms with van der Waals surface area (Å²) in [4.78, 5) is 27.5. The Morgan fingerprint density at radius 3 is 2.16 bits per heavy atom. The van der Waals surface area contributed by atoms with E-state index >= 15 is 0 Å². The molecule has 3 aromatic rings. The Morgan fingerprint density at radius 2 is 1.54 bits per heavy atom. The Morgan fingerprint density at radius 1 is 0.919 bits per heavy atom. The number of amides is 2. The molecule has 0 bridgehead atoms. The highest BCUT2D eigenvalue weighted by molar-refractivity contribution is 7.92. The largest absolute Gasteiger partial charge is 0.354 e. The van der Waals surface area contributed by atoms with E-state index in [9.17, 15) is 26.8 Å². The molecule has 10 heteroatoms. The van der Waals surface area contributed by atoms with Crippen LogP contribution in [-0.2, 0) is 26.2 Å². The molecule has 1 N–H and O–H groups in total. The highest BCUT2D eigenvalue weighted by Gasteiger charge is 2.32. The van der Waals surface area contributed by atoms with Crippen LogP contribution < -0.4 is 9.62 Å². The van der Waals surface area contributed by atoms with Crippen LogP contribution in [0, 0.1) is 11.6 Å². The van der Waals surface area contributed by atoms with Crippen LogP contribution >= 0.6 is 0 Å². The molecular weight excluding hydrogens is 500 g/mol. The van der Waals surface area contributed by atoms with Gasteiger partial charge in [0.05, 0.1) is 10.6 Å². The fourth-order valence-electron chi connectivity index (χ4n) is 3.64. The molecule has 0 saturated carbocycles. The second-order valence-electron chi connectivity index (χ2n) is 8.38. The highest BCUT2D eigenvalue weighted by Crippen LogP contribution is 2.25. The van der Waals surface area contributed by atoms with Crippen molar-refractivity contribution in [3.05, 3.63) is 96.1 Å². The van der Waals surface area contributed by atoms with Crippen LogP contribution in [0.25, 0.3) is 0 Å². The van der Waals surface area contributed by atoms with Gasteiger partial charge in [-0.2, -0.15) is 0 Å². The van der Waals surface area contributed by atoms with Crippen molar-refractivity contribution >= 4 is 27.5 Å². The van der Waals surface area contributed by atoms with Gasteiger partial charge in [-0.05, 0) is 55.8 Å². The number of nitrogens with one attached hydrogen (secondary N) is 1. The van der Waals surface area contributed by atoms with E-state index in [0.29, 0.717) is 13.0 Å². The minimum atomic E-state index is -4.25. The van der Waals surface area contributed by atoms with E-state index in [1.807, 2.05) is 6.92 Å². The van der Waals surface area contributed by atoms with Crippen LogP contribution in [0.1, 0.15) is 25.8 Å². The number of hydrogen-bond donors (Lipinski definition) is 1. The number of rotatable bonds is 11. The summed E-state index contributed by atoms with van der Waals surface area (Å²) in [6, 6.07) is 17.0. The molecule has 3 rings (SSSR count). The average Bonchev–Trinajstić information content (AvgIpc) is 2.90. The summed E-state index contributed by atoms with van der Waals surface area (Å²) in [5.74, 6) is -2.32. The molecule has 0 spiro atoms. The van der Waals surface area contributed by atoms with Crippen LogP contribution in [0.4, 0.5) is 14.5 Å². The Bertz CT molecular complexity index is 1320. The molecule has 0 radical (unpaired) electrons. The van der Waals surface area contributed by atoms with Crippen LogP contribution in [0.2, 0.25) is 0 Å². The summed E-state index contributed by atoms with van der Waals surface area (Å²) in [5.41, 5.74) is 0.234. The molecule has 7 nitrogen and oxygen atoms in total. The van der Waals surface area contributed by atoms with Gasteiger partial charge in [-0.25, -0.2) is 17.2 Å². The minimum Gasteiger partial charge on any atom is -0.354 e. The van der Waals surface area contributed by atoms with Crippen LogP contribution in [0.5, 0.6) is 0 Å². The summed E-state index contributed by atoms with van der Waals surface area (Å²) >= 11 is 0. The smallest absolute Gasteiger partial charge is 0.264 e. The van der Waals surface area contributed by atoms with Gasteiger partial charge in [-0.1, -0.05) is 43.3 Å². The summed E-state index contributed by atoms with van der Waals surface area (Å²) in [6.45, 7) is 2.81. The van der Waals surface area contributed by atoms with Gasteiger partial charge >= 0.3 is 0 Å². The summed E-state index contributed by atoms with van der Waals surface area (Å²) in [5, 5.41) is 2.72. The van der Waals surface area contributed by atoms with E-state index in [2.05, 4.69) is 5.32 Å². The molecule has 0 saturated heterocycles. The predicted molar refractivity (Wildman–Crippen MR) is 137 cm³/mol. The third-order valence-corrected chi connectivity index (χ3v) is 7.53. The number of anilines is 1. The third kappa shape index (κ3) is 6.91. The summed E-state index contributed by atoms with van der Waals surface area (Å²) < 4.78 is 56.1. The zero-order chi connectivity index (χ0) is 27.0. The fraction of sp³-hybridized carbons (Fsp3) is 0.259. The molecule has 1 atom stereocenters. The maximum absolute atomic E-state index is 14.5. The Labute approximate surface area is 215 Å². The number of carbonyl (C=O) groups is 2. The van der Waals surface area contributed by atoms with Crippen LogP contribution in [0.15, 0.2) is 83.8 Å². The molecule has 0 aliphatic carbocycles. The molecule has 0 aliphatic heterocycles. The van der Waals surface area contributed by atoms with E-state index in [4.69, 9.17) is 0 Å². The monoisotopic (exact) mass is 529 g/mol. The topological polar surface area (TPSA) is 86.8 Å². The Kier molecular flexibility index (Phi) is 9.35. The van der Waals surface area contributed by atoms with Crippen molar-refractivity contribution < 1.29 is 26.8 Å². The maximum atomic E-state index is 14.5. The van der Waals surface area contributed by atoms with E-state index in [0.717, 1.165) is 21.3 Å². The van der Waals surface area contributed by atoms with E-state index in [-0.39, 0.29) is 22.7 Å². The number of nitrogens with zero attached hydrogens (tertiary/aromatic N) is 2. The van der Waals surface area contributed by atoms with Crippen LogP contribution in [0.3, 0.4) is 0 Å². The summed E-state index contributed by atoms with van der Waals surface area (Å²) in [6.07, 6.45) is 0.674. The predicted octanol–water partition coefficient (Wildman–Crippen LogP) is 4.10.